The molecule has 8 heteroatoms. The fraction of sp³-hybridized carbons (Fsp3) is 0.690. The van der Waals surface area contributed by atoms with E-state index in [0.717, 1.165) is 80.2 Å². The molecule has 0 saturated heterocycles. The molecular weight excluding hydrogens is 470 g/mol. The predicted octanol–water partition coefficient (Wildman–Crippen LogP) is 5.68. The van der Waals surface area contributed by atoms with Crippen LogP contribution in [0.4, 0.5) is 4.79 Å². The summed E-state index contributed by atoms with van der Waals surface area (Å²) in [5, 5.41) is 9.44. The molecule has 5 rings (SSSR count). The maximum Gasteiger partial charge on any atom is 0.409 e. The molecule has 2 saturated carbocycles. The van der Waals surface area contributed by atoms with Crippen LogP contribution >= 0.6 is 0 Å². The lowest BCUT2D eigenvalue weighted by Crippen LogP contribution is -2.35. The van der Waals surface area contributed by atoms with E-state index in [2.05, 4.69) is 23.6 Å². The molecule has 1 aliphatic heterocycles. The second-order valence-electron chi connectivity index (χ2n) is 11.4. The first-order chi connectivity index (χ1) is 17.9. The Bertz CT molecular complexity index is 1140. The Hall–Kier alpha value is -2.61. The Morgan fingerprint density at radius 2 is 1.92 bits per heavy atom. The zero-order valence-corrected chi connectivity index (χ0v) is 22.4. The largest absolute Gasteiger partial charge is 0.481 e. The van der Waals surface area contributed by atoms with Crippen LogP contribution in [0.15, 0.2) is 12.1 Å². The molecule has 0 unspecified atom stereocenters. The molecular formula is C29H41N3O5. The van der Waals surface area contributed by atoms with E-state index in [0.29, 0.717) is 25.1 Å². The lowest BCUT2D eigenvalue weighted by atomic mass is 9.79. The second kappa shape index (κ2) is 11.0. The number of carboxylic acids is 1. The zero-order chi connectivity index (χ0) is 26.1. The van der Waals surface area contributed by atoms with Gasteiger partial charge in [0, 0.05) is 37.6 Å². The van der Waals surface area contributed by atoms with E-state index in [4.69, 9.17) is 14.5 Å². The molecule has 2 fully saturated rings. The summed E-state index contributed by atoms with van der Waals surface area (Å²) in [5.74, 6) is 1.39. The van der Waals surface area contributed by atoms with Crippen molar-refractivity contribution in [3.63, 3.8) is 0 Å². The molecule has 3 aliphatic rings. The molecule has 1 amide bonds. The van der Waals surface area contributed by atoms with Gasteiger partial charge in [-0.25, -0.2) is 9.78 Å². The van der Waals surface area contributed by atoms with Gasteiger partial charge in [-0.05, 0) is 81.8 Å². The number of hydrogen-bond donors (Lipinski definition) is 1. The van der Waals surface area contributed by atoms with Gasteiger partial charge < -0.3 is 24.0 Å². The Kier molecular flexibility index (Phi) is 7.75. The lowest BCUT2D eigenvalue weighted by molar-refractivity contribution is -0.138. The van der Waals surface area contributed by atoms with Crippen molar-refractivity contribution < 1.29 is 24.2 Å². The van der Waals surface area contributed by atoms with Crippen LogP contribution in [0, 0.1) is 11.8 Å². The van der Waals surface area contributed by atoms with Gasteiger partial charge in [-0.1, -0.05) is 12.5 Å². The number of amides is 1. The average molecular weight is 512 g/mol. The summed E-state index contributed by atoms with van der Waals surface area (Å²) in [6.07, 6.45) is 9.44. The fourth-order valence-electron chi connectivity index (χ4n) is 7.19. The highest BCUT2D eigenvalue weighted by Gasteiger charge is 2.34. The fourth-order valence-corrected chi connectivity index (χ4v) is 7.19. The van der Waals surface area contributed by atoms with Crippen LogP contribution in [0.1, 0.15) is 93.6 Å². The van der Waals surface area contributed by atoms with Crippen molar-refractivity contribution in [2.24, 2.45) is 11.8 Å². The lowest BCUT2D eigenvalue weighted by Gasteiger charge is -2.35. The first-order valence-electron chi connectivity index (χ1n) is 14.0. The number of benzene rings is 1. The highest BCUT2D eigenvalue weighted by Crippen LogP contribution is 2.43. The molecule has 202 valence electrons. The number of carbonyl (C=O) groups excluding carboxylic acids is 1. The van der Waals surface area contributed by atoms with Crippen molar-refractivity contribution in [2.75, 3.05) is 20.8 Å². The van der Waals surface area contributed by atoms with Crippen molar-refractivity contribution in [1.82, 2.24) is 14.5 Å². The van der Waals surface area contributed by atoms with Crippen LogP contribution in [-0.4, -0.2) is 58.5 Å². The Balaban J connectivity index is 1.55. The van der Waals surface area contributed by atoms with Crippen LogP contribution in [0.5, 0.6) is 0 Å². The van der Waals surface area contributed by atoms with Crippen molar-refractivity contribution in [3.8, 4) is 0 Å². The average Bonchev–Trinajstić information content (AvgIpc) is 3.32. The summed E-state index contributed by atoms with van der Waals surface area (Å²) in [4.78, 5) is 30.9. The highest BCUT2D eigenvalue weighted by atomic mass is 16.5. The van der Waals surface area contributed by atoms with E-state index >= 15 is 0 Å². The second-order valence-corrected chi connectivity index (χ2v) is 11.4. The van der Waals surface area contributed by atoms with Gasteiger partial charge in [-0.15, -0.1) is 0 Å². The summed E-state index contributed by atoms with van der Waals surface area (Å²) in [7, 11) is 3.25. The molecule has 37 heavy (non-hydrogen) atoms. The maximum absolute atomic E-state index is 12.3. The van der Waals surface area contributed by atoms with Crippen LogP contribution in [0.3, 0.4) is 0 Å². The topological polar surface area (TPSA) is 93.9 Å². The number of hydrogen-bond acceptors (Lipinski definition) is 5. The predicted molar refractivity (Wildman–Crippen MR) is 141 cm³/mol. The summed E-state index contributed by atoms with van der Waals surface area (Å²) in [5.41, 5.74) is 4.52. The highest BCUT2D eigenvalue weighted by molar-refractivity contribution is 5.82. The molecule has 0 spiro atoms. The van der Waals surface area contributed by atoms with Gasteiger partial charge in [-0.3, -0.25) is 4.79 Å². The maximum atomic E-state index is 12.3. The van der Waals surface area contributed by atoms with Crippen LogP contribution in [0.25, 0.3) is 11.0 Å². The summed E-state index contributed by atoms with van der Waals surface area (Å²) in [6.45, 7) is 3.49. The van der Waals surface area contributed by atoms with Gasteiger partial charge in [0.2, 0.25) is 0 Å². The Labute approximate surface area is 219 Å². The Morgan fingerprint density at radius 3 is 2.62 bits per heavy atom. The molecule has 3 atom stereocenters. The number of methoxy groups -OCH3 is 2. The number of carboxylic acid groups (broad SMARTS) is 1. The smallest absolute Gasteiger partial charge is 0.409 e. The number of aliphatic carboxylic acids is 1. The number of imidazole rings is 1. The van der Waals surface area contributed by atoms with Crippen LogP contribution in [-0.2, 0) is 27.2 Å². The van der Waals surface area contributed by atoms with Crippen molar-refractivity contribution in [1.29, 1.82) is 0 Å². The van der Waals surface area contributed by atoms with Gasteiger partial charge in [0.1, 0.15) is 5.82 Å². The van der Waals surface area contributed by atoms with Crippen molar-refractivity contribution >= 4 is 23.1 Å². The number of aromatic nitrogens is 2. The van der Waals surface area contributed by atoms with E-state index in [1.165, 1.54) is 12.7 Å². The quantitative estimate of drug-likeness (QED) is 0.537. The van der Waals surface area contributed by atoms with Crippen LogP contribution < -0.4 is 0 Å². The van der Waals surface area contributed by atoms with Crippen LogP contribution in [0.2, 0.25) is 0 Å². The van der Waals surface area contributed by atoms with Crippen molar-refractivity contribution in [3.05, 3.63) is 29.1 Å². The zero-order valence-electron chi connectivity index (χ0n) is 22.4. The number of carbonyl (C=O) groups is 2. The minimum absolute atomic E-state index is 0.195. The minimum Gasteiger partial charge on any atom is -0.481 e. The van der Waals surface area contributed by atoms with E-state index < -0.39 is 5.97 Å². The molecule has 1 aromatic carbocycles. The van der Waals surface area contributed by atoms with E-state index in [9.17, 15) is 14.7 Å². The normalized spacial score (nSPS) is 27.1. The SMILES string of the molecule is COC(=O)N1CCc2ccc3c(nc([C@H]4CCC[C@H](CC(=O)O)C4)n3[C@H](C)C3CCC(OC)CC3)c2C1. The summed E-state index contributed by atoms with van der Waals surface area (Å²) >= 11 is 0. The summed E-state index contributed by atoms with van der Waals surface area (Å²) < 4.78 is 13.1. The molecule has 2 aliphatic carbocycles. The van der Waals surface area contributed by atoms with Gasteiger partial charge >= 0.3 is 12.1 Å². The molecule has 8 nitrogen and oxygen atoms in total. The van der Waals surface area contributed by atoms with E-state index in [1.54, 1.807) is 4.90 Å². The molecule has 1 N–H and O–H groups in total. The Morgan fingerprint density at radius 1 is 1.14 bits per heavy atom. The van der Waals surface area contributed by atoms with Gasteiger partial charge in [0.25, 0.3) is 0 Å². The van der Waals surface area contributed by atoms with E-state index in [1.807, 2.05) is 7.11 Å². The third-order valence-electron chi connectivity index (χ3n) is 9.28. The third kappa shape index (κ3) is 5.22. The molecule has 0 radical (unpaired) electrons. The van der Waals surface area contributed by atoms with E-state index in [-0.39, 0.29) is 30.4 Å². The number of ether oxygens (including phenoxy) is 2. The van der Waals surface area contributed by atoms with Gasteiger partial charge in [-0.2, -0.15) is 0 Å². The summed E-state index contributed by atoms with van der Waals surface area (Å²) in [6, 6.07) is 4.74. The molecule has 1 aromatic heterocycles. The first-order valence-corrected chi connectivity index (χ1v) is 14.0. The van der Waals surface area contributed by atoms with Gasteiger partial charge in [0.05, 0.1) is 30.8 Å². The number of fused-ring (bicyclic) bond motifs is 3. The standard InChI is InChI=1S/C29H41N3O5/c1-18(20-7-10-23(36-2)11-8-20)32-25-12-9-21-13-14-31(29(35)37-3)17-24(21)27(25)30-28(32)22-6-4-5-19(15-22)16-26(33)34/h9,12,18-20,22-23H,4-8,10-11,13-17H2,1-3H3,(H,33,34)/t18-,19+,20?,22+,23?/m1/s1. The third-order valence-corrected chi connectivity index (χ3v) is 9.28. The minimum atomic E-state index is -0.709. The number of rotatable bonds is 6. The monoisotopic (exact) mass is 511 g/mol. The molecule has 2 aromatic rings. The first kappa shape index (κ1) is 26.0. The van der Waals surface area contributed by atoms with Gasteiger partial charge in [0.15, 0.2) is 0 Å². The number of nitrogens with zero attached hydrogens (tertiary/aromatic N) is 3. The van der Waals surface area contributed by atoms with Crippen molar-refractivity contribution in [2.45, 2.75) is 95.7 Å². The molecule has 2 heterocycles. The molecule has 0 bridgehead atoms.